The third-order valence-corrected chi connectivity index (χ3v) is 9.17. The van der Waals surface area contributed by atoms with E-state index in [0.29, 0.717) is 32.2 Å². The highest BCUT2D eigenvalue weighted by Crippen LogP contribution is 2.33. The molecule has 236 valence electrons. The van der Waals surface area contributed by atoms with E-state index >= 15 is 0 Å². The van der Waals surface area contributed by atoms with Gasteiger partial charge in [-0.2, -0.15) is 5.10 Å². The van der Waals surface area contributed by atoms with E-state index in [9.17, 15) is 4.79 Å². The molecule has 3 aromatic rings. The first-order valence-corrected chi connectivity index (χ1v) is 16.2. The normalized spacial score (nSPS) is 19.4. The van der Waals surface area contributed by atoms with Crippen molar-refractivity contribution in [2.24, 2.45) is 5.92 Å². The van der Waals surface area contributed by atoms with Gasteiger partial charge in [-0.1, -0.05) is 6.07 Å². The number of carbonyl (C=O) groups excluding carboxylic acids is 1. The second-order valence-electron chi connectivity index (χ2n) is 12.3. The Morgan fingerprint density at radius 2 is 2.05 bits per heavy atom. The Morgan fingerprint density at radius 1 is 1.14 bits per heavy atom. The van der Waals surface area contributed by atoms with Gasteiger partial charge in [0.05, 0.1) is 31.9 Å². The van der Waals surface area contributed by atoms with Crippen molar-refractivity contribution in [1.29, 1.82) is 0 Å². The number of rotatable bonds is 13. The number of hydrogen-bond acceptors (Lipinski definition) is 9. The van der Waals surface area contributed by atoms with Gasteiger partial charge in [-0.15, -0.1) is 0 Å². The summed E-state index contributed by atoms with van der Waals surface area (Å²) in [5.41, 5.74) is 6.86. The van der Waals surface area contributed by atoms with Gasteiger partial charge in [0.25, 0.3) is 0 Å². The lowest BCUT2D eigenvalue weighted by Gasteiger charge is -2.31. The average molecular weight is 603 g/mol. The van der Waals surface area contributed by atoms with Crippen LogP contribution in [-0.2, 0) is 31.8 Å². The van der Waals surface area contributed by atoms with Gasteiger partial charge < -0.3 is 29.3 Å². The first-order valence-electron chi connectivity index (χ1n) is 16.2. The van der Waals surface area contributed by atoms with Crippen LogP contribution in [0.2, 0.25) is 0 Å². The van der Waals surface area contributed by atoms with E-state index < -0.39 is 0 Å². The van der Waals surface area contributed by atoms with Gasteiger partial charge >= 0.3 is 5.97 Å². The zero-order valence-electron chi connectivity index (χ0n) is 25.9. The predicted molar refractivity (Wildman–Crippen MR) is 171 cm³/mol. The summed E-state index contributed by atoms with van der Waals surface area (Å²) < 4.78 is 16.3. The molecule has 2 saturated heterocycles. The highest BCUT2D eigenvalue weighted by Gasteiger charge is 2.28. The number of aromatic nitrogens is 3. The van der Waals surface area contributed by atoms with E-state index in [2.05, 4.69) is 55.6 Å². The molecule has 44 heavy (non-hydrogen) atoms. The molecule has 1 aromatic carbocycles. The Hall–Kier alpha value is -3.47. The Labute approximate surface area is 260 Å². The maximum Gasteiger partial charge on any atom is 0.306 e. The number of aromatic amines is 1. The van der Waals surface area contributed by atoms with E-state index in [0.717, 1.165) is 86.9 Å². The number of carbonyl (C=O) groups is 1. The number of morpholine rings is 1. The Balaban J connectivity index is 1.16. The van der Waals surface area contributed by atoms with Crippen LogP contribution < -0.4 is 10.2 Å². The fourth-order valence-electron chi connectivity index (χ4n) is 6.72. The lowest BCUT2D eigenvalue weighted by atomic mass is 9.92. The summed E-state index contributed by atoms with van der Waals surface area (Å²) in [5.74, 6) is 1.51. The second-order valence-corrected chi connectivity index (χ2v) is 12.3. The molecule has 1 unspecified atom stereocenters. The standard InChI is InChI=1S/C34H46N6O4/c1-42-17-18-44-33(41)22-29(27-19-28(32-8-11-36-38-32)21-31(20-27)40-13-15-43-16-14-40)24-39-12-9-25(23-39)4-6-30-7-5-26-3-2-10-35-34(26)37-30/h5,7-8,11,19-21,25,29H,2-4,6,9-10,12-18,22-24H2,1H3,(H,35,37)(H,36,38)/t25-,29?/m1/s1. The largest absolute Gasteiger partial charge is 0.463 e. The molecule has 2 aromatic heterocycles. The fourth-order valence-corrected chi connectivity index (χ4v) is 6.72. The number of nitrogens with one attached hydrogen (secondary N) is 2. The number of benzene rings is 1. The molecule has 0 spiro atoms. The molecule has 2 fully saturated rings. The van der Waals surface area contributed by atoms with Gasteiger partial charge in [-0.25, -0.2) is 4.98 Å². The van der Waals surface area contributed by atoms with Crippen LogP contribution in [0.3, 0.4) is 0 Å². The van der Waals surface area contributed by atoms with Crippen molar-refractivity contribution < 1.29 is 19.0 Å². The number of aryl methyl sites for hydroxylation is 2. The first kappa shape index (κ1) is 30.6. The molecular formula is C34H46N6O4. The summed E-state index contributed by atoms with van der Waals surface area (Å²) in [6.45, 7) is 7.69. The molecule has 5 heterocycles. The summed E-state index contributed by atoms with van der Waals surface area (Å²) in [7, 11) is 1.62. The maximum atomic E-state index is 13.0. The zero-order valence-corrected chi connectivity index (χ0v) is 25.9. The van der Waals surface area contributed by atoms with Crippen LogP contribution in [0.4, 0.5) is 11.5 Å². The molecule has 2 N–H and O–H groups in total. The highest BCUT2D eigenvalue weighted by molar-refractivity contribution is 5.72. The molecule has 0 bridgehead atoms. The van der Waals surface area contributed by atoms with Crippen molar-refractivity contribution in [2.45, 2.75) is 44.4 Å². The smallest absolute Gasteiger partial charge is 0.306 e. The quantitative estimate of drug-likeness (QED) is 0.219. The molecule has 3 aliphatic rings. The molecule has 0 amide bonds. The monoisotopic (exact) mass is 602 g/mol. The minimum atomic E-state index is -0.185. The van der Waals surface area contributed by atoms with Crippen molar-refractivity contribution in [3.05, 3.63) is 59.4 Å². The van der Waals surface area contributed by atoms with Gasteiger partial charge in [-0.3, -0.25) is 9.89 Å². The second kappa shape index (κ2) is 15.0. The van der Waals surface area contributed by atoms with Crippen molar-refractivity contribution in [3.8, 4) is 11.3 Å². The van der Waals surface area contributed by atoms with Gasteiger partial charge in [0, 0.05) is 68.9 Å². The highest BCUT2D eigenvalue weighted by atomic mass is 16.6. The van der Waals surface area contributed by atoms with Gasteiger partial charge in [-0.05, 0) is 86.0 Å². The predicted octanol–water partition coefficient (Wildman–Crippen LogP) is 4.28. The van der Waals surface area contributed by atoms with E-state index in [1.54, 1.807) is 13.3 Å². The summed E-state index contributed by atoms with van der Waals surface area (Å²) in [4.78, 5) is 22.9. The average Bonchev–Trinajstić information content (AvgIpc) is 3.77. The molecular weight excluding hydrogens is 556 g/mol. The van der Waals surface area contributed by atoms with Crippen molar-refractivity contribution >= 4 is 17.5 Å². The third kappa shape index (κ3) is 7.97. The van der Waals surface area contributed by atoms with Crippen LogP contribution in [0.25, 0.3) is 11.3 Å². The molecule has 10 nitrogen and oxygen atoms in total. The number of fused-ring (bicyclic) bond motifs is 1. The van der Waals surface area contributed by atoms with Gasteiger partial charge in [0.15, 0.2) is 0 Å². The molecule has 0 aliphatic carbocycles. The molecule has 10 heteroatoms. The molecule has 3 aliphatic heterocycles. The summed E-state index contributed by atoms with van der Waals surface area (Å²) in [6, 6.07) is 13.2. The number of hydrogen-bond donors (Lipinski definition) is 2. The summed E-state index contributed by atoms with van der Waals surface area (Å²) >= 11 is 0. The Kier molecular flexibility index (Phi) is 10.4. The van der Waals surface area contributed by atoms with Crippen LogP contribution in [0.5, 0.6) is 0 Å². The summed E-state index contributed by atoms with van der Waals surface area (Å²) in [6.07, 6.45) is 7.70. The van der Waals surface area contributed by atoms with E-state index in [4.69, 9.17) is 19.2 Å². The van der Waals surface area contributed by atoms with E-state index in [1.165, 1.54) is 24.1 Å². The summed E-state index contributed by atoms with van der Waals surface area (Å²) in [5, 5.41) is 10.8. The van der Waals surface area contributed by atoms with Crippen LogP contribution in [0.15, 0.2) is 42.6 Å². The van der Waals surface area contributed by atoms with Crippen LogP contribution >= 0.6 is 0 Å². The minimum absolute atomic E-state index is 0.000145. The number of ether oxygens (including phenoxy) is 3. The zero-order chi connectivity index (χ0) is 30.1. The van der Waals surface area contributed by atoms with Gasteiger partial charge in [0.1, 0.15) is 12.4 Å². The van der Waals surface area contributed by atoms with Crippen LogP contribution in [-0.4, -0.2) is 98.9 Å². The number of H-pyrrole nitrogens is 1. The molecule has 2 atom stereocenters. The number of likely N-dealkylation sites (tertiary alicyclic amines) is 1. The number of anilines is 2. The minimum Gasteiger partial charge on any atom is -0.463 e. The number of methoxy groups -OCH3 is 1. The lowest BCUT2D eigenvalue weighted by Crippen LogP contribution is -2.36. The maximum absolute atomic E-state index is 13.0. The molecule has 0 radical (unpaired) electrons. The van der Waals surface area contributed by atoms with Crippen molar-refractivity contribution in [2.75, 3.05) is 83.0 Å². The third-order valence-electron chi connectivity index (χ3n) is 9.17. The number of pyridine rings is 1. The molecule has 6 rings (SSSR count). The molecule has 0 saturated carbocycles. The fraction of sp³-hybridized carbons (Fsp3) is 0.559. The van der Waals surface area contributed by atoms with Crippen molar-refractivity contribution in [1.82, 2.24) is 20.1 Å². The Morgan fingerprint density at radius 3 is 2.89 bits per heavy atom. The van der Waals surface area contributed by atoms with Crippen LogP contribution in [0.1, 0.15) is 48.4 Å². The van der Waals surface area contributed by atoms with E-state index in [1.807, 2.05) is 6.07 Å². The van der Waals surface area contributed by atoms with Gasteiger partial charge in [0.2, 0.25) is 0 Å². The topological polar surface area (TPSA) is 105 Å². The number of esters is 1. The lowest BCUT2D eigenvalue weighted by molar-refractivity contribution is -0.145. The number of nitrogens with zero attached hydrogens (tertiary/aromatic N) is 4. The Bertz CT molecular complexity index is 1360. The SMILES string of the molecule is COCCOC(=O)CC(CN1CC[C@@H](CCc2ccc3c(n2)NCCC3)C1)c1cc(-c2ccn[nH]2)cc(N2CCOCC2)c1. The van der Waals surface area contributed by atoms with Crippen molar-refractivity contribution in [3.63, 3.8) is 0 Å². The van der Waals surface area contributed by atoms with Crippen LogP contribution in [0, 0.1) is 5.92 Å². The first-order chi connectivity index (χ1) is 21.6. The van der Waals surface area contributed by atoms with E-state index in [-0.39, 0.29) is 18.5 Å².